The van der Waals surface area contributed by atoms with Crippen LogP contribution in [0.1, 0.15) is 23.6 Å². The molecule has 25 heavy (non-hydrogen) atoms. The van der Waals surface area contributed by atoms with Gasteiger partial charge < -0.3 is 10.6 Å². The van der Waals surface area contributed by atoms with E-state index in [0.717, 1.165) is 28.1 Å². The lowest BCUT2D eigenvalue weighted by Crippen LogP contribution is -2.25. The van der Waals surface area contributed by atoms with Crippen LogP contribution in [0.15, 0.2) is 42.5 Å². The van der Waals surface area contributed by atoms with Crippen LogP contribution in [0.2, 0.25) is 0 Å². The third-order valence-electron chi connectivity index (χ3n) is 3.79. The van der Waals surface area contributed by atoms with Crippen molar-refractivity contribution in [1.29, 1.82) is 0 Å². The van der Waals surface area contributed by atoms with Gasteiger partial charge in [0, 0.05) is 11.4 Å². The Bertz CT molecular complexity index is 774. The van der Waals surface area contributed by atoms with Crippen molar-refractivity contribution in [2.24, 2.45) is 0 Å². The zero-order chi connectivity index (χ0) is 18.4. The van der Waals surface area contributed by atoms with Gasteiger partial charge in [-0.3, -0.25) is 9.59 Å². The smallest absolute Gasteiger partial charge is 0.237 e. The van der Waals surface area contributed by atoms with Crippen molar-refractivity contribution in [2.75, 3.05) is 16.4 Å². The van der Waals surface area contributed by atoms with E-state index >= 15 is 0 Å². The first-order valence-electron chi connectivity index (χ1n) is 8.21. The van der Waals surface area contributed by atoms with E-state index in [0.29, 0.717) is 0 Å². The molecule has 4 nitrogen and oxygen atoms in total. The fraction of sp³-hybridized carbons (Fsp3) is 0.300. The van der Waals surface area contributed by atoms with Gasteiger partial charge in [0.25, 0.3) is 0 Å². The minimum atomic E-state index is -0.317. The van der Waals surface area contributed by atoms with Crippen molar-refractivity contribution in [3.05, 3.63) is 59.2 Å². The molecule has 0 aliphatic heterocycles. The van der Waals surface area contributed by atoms with E-state index in [2.05, 4.69) is 10.6 Å². The van der Waals surface area contributed by atoms with E-state index in [1.807, 2.05) is 70.2 Å². The number of hydrogen-bond donors (Lipinski definition) is 2. The summed E-state index contributed by atoms with van der Waals surface area (Å²) < 4.78 is 0. The molecular weight excluding hydrogens is 332 g/mol. The number of thioether (sulfide) groups is 1. The number of carbonyl (C=O) groups is 2. The fourth-order valence-corrected chi connectivity index (χ4v) is 2.98. The number of amides is 2. The quantitative estimate of drug-likeness (QED) is 0.811. The molecule has 1 atom stereocenters. The molecule has 0 heterocycles. The van der Waals surface area contributed by atoms with Gasteiger partial charge in [0.1, 0.15) is 0 Å². The summed E-state index contributed by atoms with van der Waals surface area (Å²) in [6.07, 6.45) is 0. The Morgan fingerprint density at radius 2 is 1.72 bits per heavy atom. The predicted octanol–water partition coefficient (Wildman–Crippen LogP) is 4.31. The van der Waals surface area contributed by atoms with E-state index in [-0.39, 0.29) is 22.8 Å². The maximum atomic E-state index is 12.3. The van der Waals surface area contributed by atoms with Gasteiger partial charge in [-0.05, 0) is 62.6 Å². The lowest BCUT2D eigenvalue weighted by Gasteiger charge is -2.14. The topological polar surface area (TPSA) is 58.2 Å². The Morgan fingerprint density at radius 1 is 1.00 bits per heavy atom. The Labute approximate surface area is 153 Å². The molecule has 2 aromatic rings. The van der Waals surface area contributed by atoms with Crippen molar-refractivity contribution >= 4 is 35.0 Å². The third kappa shape index (κ3) is 5.94. The van der Waals surface area contributed by atoms with E-state index in [1.54, 1.807) is 0 Å². The van der Waals surface area contributed by atoms with Crippen LogP contribution in [0.5, 0.6) is 0 Å². The number of rotatable bonds is 6. The Morgan fingerprint density at radius 3 is 2.44 bits per heavy atom. The van der Waals surface area contributed by atoms with E-state index in [1.165, 1.54) is 11.8 Å². The summed E-state index contributed by atoms with van der Waals surface area (Å²) in [6.45, 7) is 7.74. The van der Waals surface area contributed by atoms with Crippen LogP contribution in [-0.4, -0.2) is 22.8 Å². The number of nitrogens with one attached hydrogen (secondary N) is 2. The van der Waals surface area contributed by atoms with Crippen molar-refractivity contribution in [3.8, 4) is 0 Å². The van der Waals surface area contributed by atoms with Gasteiger partial charge in [-0.1, -0.05) is 24.3 Å². The van der Waals surface area contributed by atoms with Gasteiger partial charge in [0.05, 0.1) is 11.0 Å². The Hall–Kier alpha value is -2.27. The maximum Gasteiger partial charge on any atom is 0.237 e. The van der Waals surface area contributed by atoms with Gasteiger partial charge in [-0.15, -0.1) is 11.8 Å². The molecular formula is C20H24N2O2S. The Balaban J connectivity index is 1.84. The molecule has 5 heteroatoms. The van der Waals surface area contributed by atoms with Gasteiger partial charge in [-0.25, -0.2) is 0 Å². The SMILES string of the molecule is Cc1cccc(NC(=O)CS[C@H](C)C(=O)Nc2cc(C)ccc2C)c1. The number of anilines is 2. The van der Waals surface area contributed by atoms with Crippen LogP contribution < -0.4 is 10.6 Å². The Kier molecular flexibility index (Phi) is 6.65. The summed E-state index contributed by atoms with van der Waals surface area (Å²) in [4.78, 5) is 24.4. The number of carbonyl (C=O) groups excluding carboxylic acids is 2. The van der Waals surface area contributed by atoms with Crippen LogP contribution in [-0.2, 0) is 9.59 Å². The summed E-state index contributed by atoms with van der Waals surface area (Å²) in [5, 5.41) is 5.48. The highest BCUT2D eigenvalue weighted by molar-refractivity contribution is 8.01. The summed E-state index contributed by atoms with van der Waals surface area (Å²) in [6, 6.07) is 13.6. The molecule has 2 amide bonds. The summed E-state index contributed by atoms with van der Waals surface area (Å²) in [5.74, 6) is 0.0269. The molecule has 0 radical (unpaired) electrons. The van der Waals surface area contributed by atoms with Crippen molar-refractivity contribution in [1.82, 2.24) is 0 Å². The number of hydrogen-bond acceptors (Lipinski definition) is 3. The lowest BCUT2D eigenvalue weighted by molar-refractivity contribution is -0.115. The van der Waals surface area contributed by atoms with Crippen LogP contribution >= 0.6 is 11.8 Å². The molecule has 0 unspecified atom stereocenters. The molecule has 132 valence electrons. The van der Waals surface area contributed by atoms with Crippen molar-refractivity contribution in [2.45, 2.75) is 32.9 Å². The average Bonchev–Trinajstić information content (AvgIpc) is 2.56. The summed E-state index contributed by atoms with van der Waals surface area (Å²) in [7, 11) is 0. The molecule has 0 aliphatic carbocycles. The largest absolute Gasteiger partial charge is 0.325 e. The second-order valence-corrected chi connectivity index (χ2v) is 7.51. The zero-order valence-electron chi connectivity index (χ0n) is 15.1. The highest BCUT2D eigenvalue weighted by Crippen LogP contribution is 2.19. The second-order valence-electron chi connectivity index (χ2n) is 6.18. The second kappa shape index (κ2) is 8.72. The minimum absolute atomic E-state index is 0.0953. The van der Waals surface area contributed by atoms with Crippen molar-refractivity contribution < 1.29 is 9.59 Å². The molecule has 2 N–H and O–H groups in total. The third-order valence-corrected chi connectivity index (χ3v) is 4.93. The lowest BCUT2D eigenvalue weighted by atomic mass is 10.1. The van der Waals surface area contributed by atoms with Crippen molar-refractivity contribution in [3.63, 3.8) is 0 Å². The zero-order valence-corrected chi connectivity index (χ0v) is 15.9. The number of aryl methyl sites for hydroxylation is 3. The summed E-state index contributed by atoms with van der Waals surface area (Å²) >= 11 is 1.32. The van der Waals surface area contributed by atoms with Gasteiger partial charge in [0.15, 0.2) is 0 Å². The molecule has 0 aliphatic rings. The van der Waals surface area contributed by atoms with E-state index in [4.69, 9.17) is 0 Å². The normalized spacial score (nSPS) is 11.7. The first kappa shape index (κ1) is 19.1. The molecule has 0 saturated heterocycles. The van der Waals surface area contributed by atoms with Crippen LogP contribution in [0.3, 0.4) is 0 Å². The monoisotopic (exact) mass is 356 g/mol. The first-order chi connectivity index (χ1) is 11.8. The van der Waals surface area contributed by atoms with Gasteiger partial charge >= 0.3 is 0 Å². The van der Waals surface area contributed by atoms with Crippen LogP contribution in [0, 0.1) is 20.8 Å². The van der Waals surface area contributed by atoms with E-state index < -0.39 is 0 Å². The molecule has 2 rings (SSSR count). The molecule has 0 saturated carbocycles. The van der Waals surface area contributed by atoms with Gasteiger partial charge in [0.2, 0.25) is 11.8 Å². The first-order valence-corrected chi connectivity index (χ1v) is 9.26. The van der Waals surface area contributed by atoms with Crippen LogP contribution in [0.25, 0.3) is 0 Å². The maximum absolute atomic E-state index is 12.3. The number of benzene rings is 2. The summed E-state index contributed by atoms with van der Waals surface area (Å²) in [5.41, 5.74) is 4.80. The fourth-order valence-electron chi connectivity index (χ4n) is 2.30. The highest BCUT2D eigenvalue weighted by Gasteiger charge is 2.16. The molecule has 0 bridgehead atoms. The molecule has 2 aromatic carbocycles. The minimum Gasteiger partial charge on any atom is -0.325 e. The van der Waals surface area contributed by atoms with Crippen LogP contribution in [0.4, 0.5) is 11.4 Å². The van der Waals surface area contributed by atoms with E-state index in [9.17, 15) is 9.59 Å². The highest BCUT2D eigenvalue weighted by atomic mass is 32.2. The molecule has 0 aromatic heterocycles. The molecule has 0 spiro atoms. The molecule has 0 fully saturated rings. The average molecular weight is 356 g/mol. The standard InChI is InChI=1S/C20H24N2O2S/c1-13-6-5-7-17(10-13)21-19(23)12-25-16(4)20(24)22-18-11-14(2)8-9-15(18)3/h5-11,16H,12H2,1-4H3,(H,21,23)(H,22,24)/t16-/m1/s1. The van der Waals surface area contributed by atoms with Gasteiger partial charge in [-0.2, -0.15) is 0 Å². The predicted molar refractivity (Wildman–Crippen MR) is 106 cm³/mol.